The van der Waals surface area contributed by atoms with E-state index in [1.165, 1.54) is 6.20 Å². The minimum atomic E-state index is -4.38. The van der Waals surface area contributed by atoms with Gasteiger partial charge in [0.05, 0.1) is 6.54 Å². The van der Waals surface area contributed by atoms with Gasteiger partial charge in [0.1, 0.15) is 0 Å². The summed E-state index contributed by atoms with van der Waals surface area (Å²) in [6.07, 6.45) is 6.41. The molecule has 0 saturated heterocycles. The van der Waals surface area contributed by atoms with Gasteiger partial charge in [-0.1, -0.05) is 12.2 Å². The Labute approximate surface area is 64.5 Å². The molecule has 0 bridgehead atoms. The fourth-order valence-corrected chi connectivity index (χ4v) is 0.979. The summed E-state index contributed by atoms with van der Waals surface area (Å²) in [7, 11) is -4.38. The Morgan fingerprint density at radius 1 is 1.45 bits per heavy atom. The third-order valence-electron chi connectivity index (χ3n) is 0.975. The Morgan fingerprint density at radius 2 is 2.18 bits per heavy atom. The topological polar surface area (TPSA) is 66.8 Å². The molecule has 0 saturated carbocycles. The van der Waals surface area contributed by atoms with Gasteiger partial charge in [0, 0.05) is 6.20 Å². The molecule has 0 aromatic rings. The first-order valence-electron chi connectivity index (χ1n) is 2.85. The quantitative estimate of drug-likeness (QED) is 0.606. The van der Waals surface area contributed by atoms with Gasteiger partial charge >= 0.3 is 10.4 Å². The summed E-state index contributed by atoms with van der Waals surface area (Å²) in [5, 5.41) is 0.995. The summed E-state index contributed by atoms with van der Waals surface area (Å²) in [6.45, 7) is 0.302. The average molecular weight is 177 g/mol. The zero-order valence-corrected chi connectivity index (χ0v) is 6.36. The molecule has 0 aliphatic carbocycles. The summed E-state index contributed by atoms with van der Waals surface area (Å²) in [5.41, 5.74) is 0. The first-order valence-corrected chi connectivity index (χ1v) is 4.21. The van der Waals surface area contributed by atoms with Crippen LogP contribution in [0.4, 0.5) is 0 Å². The number of nitrogens with zero attached hydrogens (tertiary/aromatic N) is 1. The Bertz CT molecular complexity index is 279. The first-order chi connectivity index (χ1) is 5.08. The molecule has 1 aliphatic heterocycles. The van der Waals surface area contributed by atoms with Crippen LogP contribution in [-0.2, 0) is 14.7 Å². The summed E-state index contributed by atoms with van der Waals surface area (Å²) in [5.74, 6) is 0. The maximum absolute atomic E-state index is 10.1. The number of hydroxylamine groups is 2. The van der Waals surface area contributed by atoms with Crippen molar-refractivity contribution < 1.29 is 17.3 Å². The highest BCUT2D eigenvalue weighted by molar-refractivity contribution is 7.80. The van der Waals surface area contributed by atoms with Gasteiger partial charge in [-0.2, -0.15) is 8.42 Å². The van der Waals surface area contributed by atoms with Crippen molar-refractivity contribution in [1.82, 2.24) is 5.06 Å². The van der Waals surface area contributed by atoms with Crippen molar-refractivity contribution in [3.8, 4) is 0 Å². The largest absolute Gasteiger partial charge is 0.418 e. The van der Waals surface area contributed by atoms with Gasteiger partial charge in [-0.15, -0.1) is 4.28 Å². The van der Waals surface area contributed by atoms with E-state index in [1.54, 1.807) is 18.2 Å². The molecule has 0 amide bonds. The van der Waals surface area contributed by atoms with Crippen LogP contribution in [0.2, 0.25) is 0 Å². The van der Waals surface area contributed by atoms with Crippen molar-refractivity contribution in [2.45, 2.75) is 0 Å². The Balaban J connectivity index is 2.52. The molecular formula is C5H7NO4S. The van der Waals surface area contributed by atoms with Crippen LogP contribution in [0.15, 0.2) is 24.4 Å². The van der Waals surface area contributed by atoms with Crippen LogP contribution in [-0.4, -0.2) is 24.6 Å². The second-order valence-corrected chi connectivity index (χ2v) is 2.88. The Hall–Kier alpha value is -0.850. The zero-order valence-electron chi connectivity index (χ0n) is 5.54. The van der Waals surface area contributed by atoms with E-state index in [0.29, 0.717) is 6.54 Å². The first kappa shape index (κ1) is 8.25. The smallest absolute Gasteiger partial charge is 0.262 e. The van der Waals surface area contributed by atoms with Crippen LogP contribution in [0.3, 0.4) is 0 Å². The van der Waals surface area contributed by atoms with Gasteiger partial charge in [-0.25, -0.2) is 5.06 Å². The van der Waals surface area contributed by atoms with Gasteiger partial charge in [0.15, 0.2) is 0 Å². The molecule has 1 heterocycles. The molecule has 1 N–H and O–H groups in total. The van der Waals surface area contributed by atoms with E-state index >= 15 is 0 Å². The fourth-order valence-electron chi connectivity index (χ4n) is 0.626. The van der Waals surface area contributed by atoms with E-state index < -0.39 is 10.4 Å². The van der Waals surface area contributed by atoms with Gasteiger partial charge in [-0.3, -0.25) is 4.55 Å². The fraction of sp³-hybridized carbons (Fsp3) is 0.200. The van der Waals surface area contributed by atoms with E-state index in [0.717, 1.165) is 5.06 Å². The van der Waals surface area contributed by atoms with Crippen molar-refractivity contribution in [3.63, 3.8) is 0 Å². The SMILES string of the molecule is O=S(=O)(O)ON1C=CC=CC1. The molecular weight excluding hydrogens is 170 g/mol. The number of hydrogen-bond acceptors (Lipinski definition) is 4. The van der Waals surface area contributed by atoms with Crippen LogP contribution in [0.1, 0.15) is 0 Å². The molecule has 0 radical (unpaired) electrons. The lowest BCUT2D eigenvalue weighted by atomic mass is 10.4. The molecule has 62 valence electrons. The van der Waals surface area contributed by atoms with Crippen LogP contribution < -0.4 is 0 Å². The zero-order chi connectivity index (χ0) is 8.32. The maximum Gasteiger partial charge on any atom is 0.418 e. The molecule has 1 aliphatic rings. The predicted molar refractivity (Wildman–Crippen MR) is 37.6 cm³/mol. The van der Waals surface area contributed by atoms with Gasteiger partial charge < -0.3 is 0 Å². The van der Waals surface area contributed by atoms with E-state index in [-0.39, 0.29) is 0 Å². The molecule has 11 heavy (non-hydrogen) atoms. The molecule has 5 nitrogen and oxygen atoms in total. The summed E-state index contributed by atoms with van der Waals surface area (Å²) >= 11 is 0. The Morgan fingerprint density at radius 3 is 2.64 bits per heavy atom. The molecule has 0 aromatic heterocycles. The van der Waals surface area contributed by atoms with Crippen molar-refractivity contribution >= 4 is 10.4 Å². The van der Waals surface area contributed by atoms with E-state index in [9.17, 15) is 8.42 Å². The van der Waals surface area contributed by atoms with Crippen LogP contribution in [0.25, 0.3) is 0 Å². The van der Waals surface area contributed by atoms with E-state index in [2.05, 4.69) is 4.28 Å². The van der Waals surface area contributed by atoms with E-state index in [4.69, 9.17) is 4.55 Å². The standard InChI is InChI=1S/C5H7NO4S/c7-11(8,9)10-6-4-2-1-3-5-6/h1-4H,5H2,(H,7,8,9). The lowest BCUT2D eigenvalue weighted by Gasteiger charge is -2.15. The van der Waals surface area contributed by atoms with Crippen molar-refractivity contribution in [1.29, 1.82) is 0 Å². The number of allylic oxidation sites excluding steroid dienone is 2. The number of hydrogen-bond donors (Lipinski definition) is 1. The van der Waals surface area contributed by atoms with E-state index in [1.807, 2.05) is 0 Å². The summed E-state index contributed by atoms with van der Waals surface area (Å²) in [6, 6.07) is 0. The normalized spacial score (nSPS) is 17.4. The van der Waals surface area contributed by atoms with Crippen molar-refractivity contribution in [3.05, 3.63) is 24.4 Å². The van der Waals surface area contributed by atoms with Crippen LogP contribution in [0, 0.1) is 0 Å². The second-order valence-electron chi connectivity index (χ2n) is 1.87. The van der Waals surface area contributed by atoms with Crippen molar-refractivity contribution in [2.24, 2.45) is 0 Å². The molecule has 6 heteroatoms. The molecule has 0 atom stereocenters. The highest BCUT2D eigenvalue weighted by Crippen LogP contribution is 2.01. The summed E-state index contributed by atoms with van der Waals surface area (Å²) < 4.78 is 32.6. The summed E-state index contributed by atoms with van der Waals surface area (Å²) in [4.78, 5) is 0. The molecule has 1 rings (SSSR count). The highest BCUT2D eigenvalue weighted by Gasteiger charge is 2.10. The second kappa shape index (κ2) is 3.04. The minimum absolute atomic E-state index is 0.302. The van der Waals surface area contributed by atoms with Crippen LogP contribution >= 0.6 is 0 Å². The lowest BCUT2D eigenvalue weighted by molar-refractivity contribution is -0.00113. The van der Waals surface area contributed by atoms with Crippen LogP contribution in [0.5, 0.6) is 0 Å². The number of rotatable bonds is 2. The highest BCUT2D eigenvalue weighted by atomic mass is 32.3. The molecule has 0 spiro atoms. The minimum Gasteiger partial charge on any atom is -0.262 e. The van der Waals surface area contributed by atoms with Gasteiger partial charge in [0.25, 0.3) is 0 Å². The molecule has 0 fully saturated rings. The third kappa shape index (κ3) is 3.17. The van der Waals surface area contributed by atoms with Gasteiger partial charge in [-0.05, 0) is 6.08 Å². The predicted octanol–water partition coefficient (Wildman–Crippen LogP) is 0.106. The molecule has 0 unspecified atom stereocenters. The molecule has 0 aromatic carbocycles. The average Bonchev–Trinajstić information content (AvgIpc) is 1.85. The Kier molecular flexibility index (Phi) is 2.28. The third-order valence-corrected chi connectivity index (χ3v) is 1.35. The maximum atomic E-state index is 10.1. The lowest BCUT2D eigenvalue weighted by Crippen LogP contribution is -2.23. The van der Waals surface area contributed by atoms with Crippen molar-refractivity contribution in [2.75, 3.05) is 6.54 Å². The van der Waals surface area contributed by atoms with Gasteiger partial charge in [0.2, 0.25) is 0 Å². The monoisotopic (exact) mass is 177 g/mol.